The van der Waals surface area contributed by atoms with Crippen molar-refractivity contribution in [2.45, 2.75) is 25.3 Å². The molecule has 2 aliphatic rings. The molecule has 0 spiro atoms. The average Bonchev–Trinajstić information content (AvgIpc) is 3.22. The summed E-state index contributed by atoms with van der Waals surface area (Å²) in [4.78, 5) is 23.5. The second-order valence-corrected chi connectivity index (χ2v) is 7.29. The van der Waals surface area contributed by atoms with Crippen molar-refractivity contribution in [3.8, 4) is 17.3 Å². The van der Waals surface area contributed by atoms with Gasteiger partial charge in [-0.1, -0.05) is 11.2 Å². The Balaban J connectivity index is 1.69. The highest BCUT2D eigenvalue weighted by atomic mass is 79.9. The largest absolute Gasteiger partial charge is 0.336 e. The van der Waals surface area contributed by atoms with Crippen LogP contribution in [0.15, 0.2) is 33.5 Å². The van der Waals surface area contributed by atoms with Gasteiger partial charge in [-0.3, -0.25) is 9.36 Å². The summed E-state index contributed by atoms with van der Waals surface area (Å²) < 4.78 is 8.13. The Morgan fingerprint density at radius 3 is 2.96 bits per heavy atom. The molecule has 0 saturated heterocycles. The summed E-state index contributed by atoms with van der Waals surface area (Å²) in [5.74, 6) is 1.54. The number of nitrogens with zero attached hydrogens (tertiary/aromatic N) is 5. The van der Waals surface area contributed by atoms with E-state index in [1.54, 1.807) is 18.3 Å². The van der Waals surface area contributed by atoms with Crippen LogP contribution in [0.3, 0.4) is 0 Å². The summed E-state index contributed by atoms with van der Waals surface area (Å²) in [6.07, 6.45) is 3.93. The van der Waals surface area contributed by atoms with Crippen molar-refractivity contribution in [1.29, 1.82) is 0 Å². The zero-order chi connectivity index (χ0) is 17.1. The standard InChI is InChI=1S/C17H14BrN5O2/c1-22-7-12-14(16-20-15(21-25-16)9-5-6-9)19-8-23(12)11-4-2-3-10(18)13(11)17(22)24/h2-4,8-9H,5-7H2,1H3. The summed E-state index contributed by atoms with van der Waals surface area (Å²) in [6.45, 7) is 0.413. The number of hydrogen-bond acceptors (Lipinski definition) is 5. The molecule has 8 heteroatoms. The number of halogens is 1. The Morgan fingerprint density at radius 1 is 1.32 bits per heavy atom. The highest BCUT2D eigenvalue weighted by Gasteiger charge is 2.32. The second kappa shape index (κ2) is 5.26. The van der Waals surface area contributed by atoms with E-state index < -0.39 is 0 Å². The number of imidazole rings is 1. The molecule has 0 radical (unpaired) electrons. The zero-order valence-corrected chi connectivity index (χ0v) is 15.0. The van der Waals surface area contributed by atoms with Gasteiger partial charge in [0.2, 0.25) is 0 Å². The molecule has 5 rings (SSSR count). The van der Waals surface area contributed by atoms with E-state index in [-0.39, 0.29) is 5.91 Å². The number of fused-ring (bicyclic) bond motifs is 3. The first-order valence-electron chi connectivity index (χ1n) is 8.08. The Labute approximate surface area is 151 Å². The molecule has 3 aromatic rings. The van der Waals surface area contributed by atoms with E-state index >= 15 is 0 Å². The van der Waals surface area contributed by atoms with Gasteiger partial charge in [-0.05, 0) is 40.9 Å². The van der Waals surface area contributed by atoms with Gasteiger partial charge in [-0.25, -0.2) is 4.98 Å². The quantitative estimate of drug-likeness (QED) is 0.661. The van der Waals surface area contributed by atoms with E-state index in [9.17, 15) is 4.79 Å². The third-order valence-electron chi connectivity index (χ3n) is 4.65. The van der Waals surface area contributed by atoms with Crippen LogP contribution in [0.4, 0.5) is 0 Å². The van der Waals surface area contributed by atoms with Crippen LogP contribution in [-0.2, 0) is 6.54 Å². The van der Waals surface area contributed by atoms with Crippen LogP contribution in [0.2, 0.25) is 0 Å². The fourth-order valence-corrected chi connectivity index (χ4v) is 3.69. The smallest absolute Gasteiger partial charge is 0.278 e. The van der Waals surface area contributed by atoms with Gasteiger partial charge in [0.25, 0.3) is 11.8 Å². The molecular weight excluding hydrogens is 386 g/mol. The Bertz CT molecular complexity index is 1000. The first kappa shape index (κ1) is 14.8. The molecule has 1 aliphatic heterocycles. The molecule has 0 N–H and O–H groups in total. The minimum atomic E-state index is -0.0404. The molecule has 1 aromatic carbocycles. The number of amides is 1. The van der Waals surface area contributed by atoms with Crippen molar-refractivity contribution in [1.82, 2.24) is 24.6 Å². The van der Waals surface area contributed by atoms with E-state index in [4.69, 9.17) is 4.52 Å². The zero-order valence-electron chi connectivity index (χ0n) is 13.4. The summed E-state index contributed by atoms with van der Waals surface area (Å²) >= 11 is 3.49. The Hall–Kier alpha value is -2.48. The predicted molar refractivity (Wildman–Crippen MR) is 92.3 cm³/mol. The maximum atomic E-state index is 12.8. The average molecular weight is 400 g/mol. The second-order valence-electron chi connectivity index (χ2n) is 6.44. The normalized spacial score (nSPS) is 16.6. The monoisotopic (exact) mass is 399 g/mol. The van der Waals surface area contributed by atoms with Crippen LogP contribution in [0.5, 0.6) is 0 Å². The van der Waals surface area contributed by atoms with Crippen molar-refractivity contribution in [2.75, 3.05) is 7.05 Å². The number of rotatable bonds is 2. The predicted octanol–water partition coefficient (Wildman–Crippen LogP) is 3.15. The highest BCUT2D eigenvalue weighted by molar-refractivity contribution is 9.10. The van der Waals surface area contributed by atoms with Crippen LogP contribution in [-0.4, -0.2) is 37.5 Å². The third-order valence-corrected chi connectivity index (χ3v) is 5.31. The number of hydrogen-bond donors (Lipinski definition) is 0. The third kappa shape index (κ3) is 2.24. The lowest BCUT2D eigenvalue weighted by Gasteiger charge is -2.14. The lowest BCUT2D eigenvalue weighted by Crippen LogP contribution is -2.25. The van der Waals surface area contributed by atoms with Crippen molar-refractivity contribution in [2.24, 2.45) is 0 Å². The van der Waals surface area contributed by atoms with E-state index in [0.717, 1.165) is 34.5 Å². The van der Waals surface area contributed by atoms with E-state index in [1.165, 1.54) is 0 Å². The van der Waals surface area contributed by atoms with Gasteiger partial charge in [-0.15, -0.1) is 0 Å². The molecule has 25 heavy (non-hydrogen) atoms. The molecule has 1 aliphatic carbocycles. The minimum Gasteiger partial charge on any atom is -0.336 e. The minimum absolute atomic E-state index is 0.0404. The number of benzene rings is 1. The van der Waals surface area contributed by atoms with Gasteiger partial charge in [0, 0.05) is 17.4 Å². The maximum absolute atomic E-state index is 12.8. The topological polar surface area (TPSA) is 77.1 Å². The van der Waals surface area contributed by atoms with Gasteiger partial charge in [0.15, 0.2) is 11.5 Å². The van der Waals surface area contributed by atoms with Crippen molar-refractivity contribution in [3.63, 3.8) is 0 Å². The van der Waals surface area contributed by atoms with E-state index in [2.05, 4.69) is 31.1 Å². The van der Waals surface area contributed by atoms with Crippen molar-refractivity contribution in [3.05, 3.63) is 46.1 Å². The molecule has 0 bridgehead atoms. The van der Waals surface area contributed by atoms with Crippen LogP contribution in [0.25, 0.3) is 17.3 Å². The SMILES string of the molecule is CN1Cc2c(-c3nc(C4CC4)no3)ncn2-c2cccc(Br)c2C1=O. The fraction of sp³-hybridized carbons (Fsp3) is 0.294. The number of carbonyl (C=O) groups excluding carboxylic acids is 1. The van der Waals surface area contributed by atoms with Crippen molar-refractivity contribution < 1.29 is 9.32 Å². The molecule has 0 unspecified atom stereocenters. The van der Waals surface area contributed by atoms with E-state index in [1.807, 2.05) is 22.8 Å². The van der Waals surface area contributed by atoms with Crippen LogP contribution in [0.1, 0.15) is 40.6 Å². The summed E-state index contributed by atoms with van der Waals surface area (Å²) in [5, 5.41) is 4.08. The van der Waals surface area contributed by atoms with Crippen LogP contribution >= 0.6 is 15.9 Å². The molecule has 0 atom stereocenters. The first-order valence-corrected chi connectivity index (χ1v) is 8.87. The molecular formula is C17H14BrN5O2. The van der Waals surface area contributed by atoms with Gasteiger partial charge in [0.05, 0.1) is 23.5 Å². The Morgan fingerprint density at radius 2 is 2.16 bits per heavy atom. The maximum Gasteiger partial charge on any atom is 0.278 e. The molecule has 3 heterocycles. The van der Waals surface area contributed by atoms with Gasteiger partial charge in [-0.2, -0.15) is 4.98 Å². The van der Waals surface area contributed by atoms with Gasteiger partial charge < -0.3 is 9.42 Å². The molecule has 1 saturated carbocycles. The highest BCUT2D eigenvalue weighted by Crippen LogP contribution is 2.39. The lowest BCUT2D eigenvalue weighted by molar-refractivity contribution is 0.0787. The van der Waals surface area contributed by atoms with E-state index in [0.29, 0.717) is 29.6 Å². The lowest BCUT2D eigenvalue weighted by atomic mass is 10.1. The molecule has 126 valence electrons. The van der Waals surface area contributed by atoms with Crippen LogP contribution in [0, 0.1) is 0 Å². The first-order chi connectivity index (χ1) is 12.1. The summed E-state index contributed by atoms with van der Waals surface area (Å²) in [6, 6.07) is 5.69. The molecule has 2 aromatic heterocycles. The van der Waals surface area contributed by atoms with Crippen LogP contribution < -0.4 is 0 Å². The van der Waals surface area contributed by atoms with Gasteiger partial charge >= 0.3 is 0 Å². The van der Waals surface area contributed by atoms with Gasteiger partial charge in [0.1, 0.15) is 6.33 Å². The number of aromatic nitrogens is 4. The summed E-state index contributed by atoms with van der Waals surface area (Å²) in [5.41, 5.74) is 2.90. The molecule has 1 amide bonds. The van der Waals surface area contributed by atoms with Crippen molar-refractivity contribution >= 4 is 21.8 Å². The summed E-state index contributed by atoms with van der Waals surface area (Å²) in [7, 11) is 1.78. The fourth-order valence-electron chi connectivity index (χ4n) is 3.16. The molecule has 1 fully saturated rings. The number of carbonyl (C=O) groups is 1. The molecule has 7 nitrogen and oxygen atoms in total. The Kier molecular flexibility index (Phi) is 3.12.